The van der Waals surface area contributed by atoms with Crippen LogP contribution in [0.2, 0.25) is 5.02 Å². The van der Waals surface area contributed by atoms with Crippen molar-refractivity contribution in [1.82, 2.24) is 5.32 Å². The summed E-state index contributed by atoms with van der Waals surface area (Å²) in [5.41, 5.74) is 2.18. The molecule has 0 heterocycles. The number of halogens is 1. The second-order valence-electron chi connectivity index (χ2n) is 6.32. The quantitative estimate of drug-likeness (QED) is 0.619. The Morgan fingerprint density at radius 1 is 0.967 bits per heavy atom. The van der Waals surface area contributed by atoms with Gasteiger partial charge in [0.25, 0.3) is 5.91 Å². The van der Waals surface area contributed by atoms with Crippen molar-refractivity contribution < 1.29 is 28.6 Å². The van der Waals surface area contributed by atoms with E-state index >= 15 is 0 Å². The summed E-state index contributed by atoms with van der Waals surface area (Å²) in [5.74, 6) is -0.862. The number of nitrogens with one attached hydrogen (secondary N) is 2. The van der Waals surface area contributed by atoms with E-state index in [0.29, 0.717) is 22.2 Å². The Balaban J connectivity index is 1.86. The summed E-state index contributed by atoms with van der Waals surface area (Å²) in [6, 6.07) is 8.12. The normalized spacial score (nSPS) is 10.2. The van der Waals surface area contributed by atoms with Gasteiger partial charge in [-0.2, -0.15) is 0 Å². The average molecular weight is 435 g/mol. The number of benzene rings is 2. The van der Waals surface area contributed by atoms with E-state index in [9.17, 15) is 14.4 Å². The van der Waals surface area contributed by atoms with Crippen LogP contribution in [0, 0.1) is 13.8 Å². The van der Waals surface area contributed by atoms with Crippen LogP contribution >= 0.6 is 11.6 Å². The number of esters is 1. The molecule has 0 fully saturated rings. The van der Waals surface area contributed by atoms with Gasteiger partial charge < -0.3 is 24.8 Å². The smallest absolute Gasteiger partial charge is 0.338 e. The lowest BCUT2D eigenvalue weighted by molar-refractivity contribution is -0.126. The number of hydrogen-bond acceptors (Lipinski definition) is 6. The molecule has 2 aromatic carbocycles. The molecule has 0 saturated carbocycles. The number of anilines is 1. The monoisotopic (exact) mass is 434 g/mol. The number of rotatable bonds is 8. The van der Waals surface area contributed by atoms with Crippen LogP contribution in [0.25, 0.3) is 0 Å². The molecule has 160 valence electrons. The molecule has 0 spiro atoms. The molecule has 0 aromatic heterocycles. The largest absolute Gasteiger partial charge is 0.496 e. The first-order valence-corrected chi connectivity index (χ1v) is 9.36. The summed E-state index contributed by atoms with van der Waals surface area (Å²) >= 11 is 6.01. The standard InChI is InChI=1S/C21H23ClN2O6/c1-12-15(22)6-5-7-16(12)24-19(25)10-23-20(26)11-30-21(27)14-8-17(28-3)13(2)18(9-14)29-4/h5-9H,10-11H2,1-4H3,(H,23,26)(H,24,25). The molecule has 2 rings (SSSR count). The lowest BCUT2D eigenvalue weighted by Gasteiger charge is -2.12. The Kier molecular flexibility index (Phi) is 8.06. The van der Waals surface area contributed by atoms with Gasteiger partial charge >= 0.3 is 5.97 Å². The van der Waals surface area contributed by atoms with Gasteiger partial charge in [0.05, 0.1) is 26.3 Å². The van der Waals surface area contributed by atoms with Crippen molar-refractivity contribution in [2.75, 3.05) is 32.7 Å². The Morgan fingerprint density at radius 2 is 1.60 bits per heavy atom. The molecular weight excluding hydrogens is 412 g/mol. The second kappa shape index (κ2) is 10.5. The third-order valence-electron chi connectivity index (χ3n) is 4.31. The van der Waals surface area contributed by atoms with E-state index in [1.165, 1.54) is 26.4 Å². The van der Waals surface area contributed by atoms with Crippen LogP contribution in [-0.4, -0.2) is 45.2 Å². The highest BCUT2D eigenvalue weighted by atomic mass is 35.5. The molecule has 0 bridgehead atoms. The fraction of sp³-hybridized carbons (Fsp3) is 0.286. The maximum Gasteiger partial charge on any atom is 0.338 e. The number of carbonyl (C=O) groups excluding carboxylic acids is 3. The first-order chi connectivity index (χ1) is 14.3. The minimum atomic E-state index is -0.722. The zero-order chi connectivity index (χ0) is 22.3. The van der Waals surface area contributed by atoms with Gasteiger partial charge in [-0.3, -0.25) is 9.59 Å². The molecule has 2 N–H and O–H groups in total. The van der Waals surface area contributed by atoms with Crippen molar-refractivity contribution in [1.29, 1.82) is 0 Å². The maximum atomic E-state index is 12.2. The van der Waals surface area contributed by atoms with Crippen LogP contribution in [0.15, 0.2) is 30.3 Å². The van der Waals surface area contributed by atoms with Crippen LogP contribution < -0.4 is 20.1 Å². The van der Waals surface area contributed by atoms with E-state index in [2.05, 4.69) is 10.6 Å². The van der Waals surface area contributed by atoms with E-state index in [1.54, 1.807) is 32.0 Å². The number of ether oxygens (including phenoxy) is 3. The molecule has 2 aromatic rings. The Labute approximate surface area is 179 Å². The van der Waals surface area contributed by atoms with Gasteiger partial charge in [-0.15, -0.1) is 0 Å². The average Bonchev–Trinajstić information content (AvgIpc) is 2.73. The van der Waals surface area contributed by atoms with Crippen LogP contribution in [-0.2, 0) is 14.3 Å². The predicted molar refractivity (Wildman–Crippen MR) is 112 cm³/mol. The molecule has 0 aliphatic heterocycles. The third-order valence-corrected chi connectivity index (χ3v) is 4.72. The fourth-order valence-corrected chi connectivity index (χ4v) is 2.76. The van der Waals surface area contributed by atoms with Crippen LogP contribution in [0.1, 0.15) is 21.5 Å². The SMILES string of the molecule is COc1cc(C(=O)OCC(=O)NCC(=O)Nc2cccc(Cl)c2C)cc(OC)c1C. The van der Waals surface area contributed by atoms with Crippen molar-refractivity contribution in [2.45, 2.75) is 13.8 Å². The van der Waals surface area contributed by atoms with E-state index in [1.807, 2.05) is 0 Å². The van der Waals surface area contributed by atoms with Gasteiger partial charge in [-0.05, 0) is 43.7 Å². The number of amides is 2. The minimum Gasteiger partial charge on any atom is -0.496 e. The van der Waals surface area contributed by atoms with Crippen molar-refractivity contribution in [3.05, 3.63) is 52.0 Å². The first-order valence-electron chi connectivity index (χ1n) is 8.98. The van der Waals surface area contributed by atoms with Gasteiger partial charge in [-0.25, -0.2) is 4.79 Å². The lowest BCUT2D eigenvalue weighted by atomic mass is 10.1. The van der Waals surface area contributed by atoms with Crippen molar-refractivity contribution >= 4 is 35.1 Å². The van der Waals surface area contributed by atoms with E-state index in [0.717, 1.165) is 11.1 Å². The summed E-state index contributed by atoms with van der Waals surface area (Å²) < 4.78 is 15.4. The Morgan fingerprint density at radius 3 is 2.20 bits per heavy atom. The number of carbonyl (C=O) groups is 3. The number of hydrogen-bond donors (Lipinski definition) is 2. The van der Waals surface area contributed by atoms with Crippen LogP contribution in [0.5, 0.6) is 11.5 Å². The van der Waals surface area contributed by atoms with Crippen LogP contribution in [0.4, 0.5) is 5.69 Å². The van der Waals surface area contributed by atoms with E-state index < -0.39 is 24.4 Å². The number of methoxy groups -OCH3 is 2. The van der Waals surface area contributed by atoms with Crippen molar-refractivity contribution in [3.63, 3.8) is 0 Å². The van der Waals surface area contributed by atoms with Gasteiger partial charge in [0.1, 0.15) is 11.5 Å². The van der Waals surface area contributed by atoms with Gasteiger partial charge in [-0.1, -0.05) is 17.7 Å². The molecule has 8 nitrogen and oxygen atoms in total. The summed E-state index contributed by atoms with van der Waals surface area (Å²) in [5, 5.41) is 5.56. The molecule has 0 radical (unpaired) electrons. The Bertz CT molecular complexity index is 936. The lowest BCUT2D eigenvalue weighted by Crippen LogP contribution is -2.35. The molecular formula is C21H23ClN2O6. The second-order valence-corrected chi connectivity index (χ2v) is 6.73. The summed E-state index contributed by atoms with van der Waals surface area (Å²) in [7, 11) is 2.94. The van der Waals surface area contributed by atoms with E-state index in [-0.39, 0.29) is 12.1 Å². The summed E-state index contributed by atoms with van der Waals surface area (Å²) in [6.07, 6.45) is 0. The fourth-order valence-electron chi connectivity index (χ4n) is 2.59. The predicted octanol–water partition coefficient (Wildman–Crippen LogP) is 2.89. The minimum absolute atomic E-state index is 0.177. The van der Waals surface area contributed by atoms with Crippen molar-refractivity contribution in [3.8, 4) is 11.5 Å². The van der Waals surface area contributed by atoms with Crippen LogP contribution in [0.3, 0.4) is 0 Å². The Hall–Kier alpha value is -3.26. The summed E-state index contributed by atoms with van der Waals surface area (Å²) in [6.45, 7) is 2.73. The third kappa shape index (κ3) is 5.87. The van der Waals surface area contributed by atoms with Crippen molar-refractivity contribution in [2.24, 2.45) is 0 Å². The first kappa shape index (κ1) is 23.0. The summed E-state index contributed by atoms with van der Waals surface area (Å²) in [4.78, 5) is 36.2. The highest BCUT2D eigenvalue weighted by Gasteiger charge is 2.16. The molecule has 0 unspecified atom stereocenters. The van der Waals surface area contributed by atoms with Gasteiger partial charge in [0, 0.05) is 16.3 Å². The highest BCUT2D eigenvalue weighted by Crippen LogP contribution is 2.29. The molecule has 0 aliphatic carbocycles. The van der Waals surface area contributed by atoms with Gasteiger partial charge in [0.15, 0.2) is 6.61 Å². The topological polar surface area (TPSA) is 103 Å². The van der Waals surface area contributed by atoms with Gasteiger partial charge in [0.2, 0.25) is 5.91 Å². The molecule has 9 heteroatoms. The molecule has 0 saturated heterocycles. The highest BCUT2D eigenvalue weighted by molar-refractivity contribution is 6.31. The molecule has 0 aliphatic rings. The molecule has 30 heavy (non-hydrogen) atoms. The zero-order valence-corrected chi connectivity index (χ0v) is 17.9. The maximum absolute atomic E-state index is 12.2. The molecule has 0 atom stereocenters. The molecule has 2 amide bonds. The zero-order valence-electron chi connectivity index (χ0n) is 17.1. The van der Waals surface area contributed by atoms with E-state index in [4.69, 9.17) is 25.8 Å².